The van der Waals surface area contributed by atoms with E-state index in [4.69, 9.17) is 9.47 Å². The van der Waals surface area contributed by atoms with E-state index in [0.29, 0.717) is 24.5 Å². The number of rotatable bonds is 5. The molecule has 0 bridgehead atoms. The predicted molar refractivity (Wildman–Crippen MR) is 63.9 cm³/mol. The standard InChI is InChI=1S/C11H12BrNO3/c1-15-10-5-8(12)6-11(16-2)9(10)3-4-13-7-14/h5-6H,3-4H2,1-2H3. The van der Waals surface area contributed by atoms with E-state index in [2.05, 4.69) is 20.9 Å². The van der Waals surface area contributed by atoms with Crippen LogP contribution in [-0.4, -0.2) is 26.8 Å². The number of hydrogen-bond donors (Lipinski definition) is 0. The first-order valence-corrected chi connectivity index (χ1v) is 5.46. The van der Waals surface area contributed by atoms with Crippen LogP contribution in [0, 0.1) is 0 Å². The quantitative estimate of drug-likeness (QED) is 0.616. The molecule has 4 nitrogen and oxygen atoms in total. The largest absolute Gasteiger partial charge is 0.496 e. The second-order valence-electron chi connectivity index (χ2n) is 3.01. The number of halogens is 1. The summed E-state index contributed by atoms with van der Waals surface area (Å²) in [5, 5.41) is 0. The Bertz CT molecular complexity index is 389. The first kappa shape index (κ1) is 12.7. The molecule has 5 heteroatoms. The van der Waals surface area contributed by atoms with Crippen molar-refractivity contribution in [3.8, 4) is 11.5 Å². The van der Waals surface area contributed by atoms with E-state index in [1.54, 1.807) is 14.2 Å². The summed E-state index contributed by atoms with van der Waals surface area (Å²) in [7, 11) is 3.18. The molecule has 1 aromatic rings. The van der Waals surface area contributed by atoms with Gasteiger partial charge in [-0.1, -0.05) is 15.9 Å². The third-order valence-corrected chi connectivity index (χ3v) is 2.57. The average molecular weight is 286 g/mol. The van der Waals surface area contributed by atoms with Gasteiger partial charge >= 0.3 is 0 Å². The van der Waals surface area contributed by atoms with Crippen LogP contribution in [0.2, 0.25) is 0 Å². The van der Waals surface area contributed by atoms with Gasteiger partial charge in [-0.25, -0.2) is 9.79 Å². The maximum atomic E-state index is 10.00. The average Bonchev–Trinajstić information content (AvgIpc) is 2.30. The summed E-state index contributed by atoms with van der Waals surface area (Å²) in [5.41, 5.74) is 0.896. The lowest BCUT2D eigenvalue weighted by Gasteiger charge is -2.12. The number of methoxy groups -OCH3 is 2. The second kappa shape index (κ2) is 6.30. The van der Waals surface area contributed by atoms with E-state index in [9.17, 15) is 4.79 Å². The number of nitrogens with zero attached hydrogens (tertiary/aromatic N) is 1. The van der Waals surface area contributed by atoms with Gasteiger partial charge in [-0.3, -0.25) is 0 Å². The molecule has 0 atom stereocenters. The highest BCUT2D eigenvalue weighted by atomic mass is 79.9. The van der Waals surface area contributed by atoms with E-state index in [0.717, 1.165) is 10.0 Å². The van der Waals surface area contributed by atoms with E-state index < -0.39 is 0 Å². The molecule has 0 heterocycles. The molecule has 0 aliphatic carbocycles. The van der Waals surface area contributed by atoms with Crippen LogP contribution in [0.5, 0.6) is 11.5 Å². The smallest absolute Gasteiger partial charge is 0.234 e. The molecule has 0 N–H and O–H groups in total. The molecular formula is C11H12BrNO3. The Balaban J connectivity index is 3.06. The number of aliphatic imine (C=N–C) groups is 1. The summed E-state index contributed by atoms with van der Waals surface area (Å²) in [6, 6.07) is 3.70. The fourth-order valence-electron chi connectivity index (χ4n) is 1.41. The minimum atomic E-state index is 0.373. The molecule has 1 rings (SSSR count). The minimum Gasteiger partial charge on any atom is -0.496 e. The molecule has 0 aromatic heterocycles. The first-order valence-electron chi connectivity index (χ1n) is 4.67. The van der Waals surface area contributed by atoms with Crippen LogP contribution in [0.25, 0.3) is 0 Å². The van der Waals surface area contributed by atoms with Gasteiger partial charge in [-0.05, 0) is 12.1 Å². The molecule has 0 aliphatic rings. The number of ether oxygens (including phenoxy) is 2. The fraction of sp³-hybridized carbons (Fsp3) is 0.364. The lowest BCUT2D eigenvalue weighted by atomic mass is 10.1. The Kier molecular flexibility index (Phi) is 5.02. The van der Waals surface area contributed by atoms with Crippen molar-refractivity contribution in [2.75, 3.05) is 20.8 Å². The third-order valence-electron chi connectivity index (χ3n) is 2.11. The molecule has 0 radical (unpaired) electrons. The molecular weight excluding hydrogens is 274 g/mol. The molecule has 0 amide bonds. The van der Waals surface area contributed by atoms with Gasteiger partial charge in [-0.2, -0.15) is 0 Å². The van der Waals surface area contributed by atoms with Gasteiger partial charge in [0.2, 0.25) is 6.08 Å². The maximum absolute atomic E-state index is 10.00. The van der Waals surface area contributed by atoms with Crippen LogP contribution in [0.1, 0.15) is 5.56 Å². The van der Waals surface area contributed by atoms with Gasteiger partial charge in [0.05, 0.1) is 20.8 Å². The van der Waals surface area contributed by atoms with Crippen LogP contribution >= 0.6 is 15.9 Å². The van der Waals surface area contributed by atoms with Crippen molar-refractivity contribution in [3.05, 3.63) is 22.2 Å². The lowest BCUT2D eigenvalue weighted by molar-refractivity contribution is 0.385. The molecule has 0 fully saturated rings. The zero-order valence-corrected chi connectivity index (χ0v) is 10.7. The summed E-state index contributed by atoms with van der Waals surface area (Å²) in [6.07, 6.45) is 2.09. The Morgan fingerprint density at radius 2 is 1.88 bits per heavy atom. The monoisotopic (exact) mass is 285 g/mol. The van der Waals surface area contributed by atoms with Gasteiger partial charge < -0.3 is 9.47 Å². The van der Waals surface area contributed by atoms with Gasteiger partial charge in [0.25, 0.3) is 0 Å². The van der Waals surface area contributed by atoms with Crippen molar-refractivity contribution in [1.82, 2.24) is 0 Å². The molecule has 0 spiro atoms. The summed E-state index contributed by atoms with van der Waals surface area (Å²) in [4.78, 5) is 13.5. The van der Waals surface area contributed by atoms with Crippen LogP contribution in [0.4, 0.5) is 0 Å². The summed E-state index contributed by atoms with van der Waals surface area (Å²) in [5.74, 6) is 1.43. The van der Waals surface area contributed by atoms with Crippen molar-refractivity contribution >= 4 is 22.0 Å². The number of carbonyl (C=O) groups excluding carboxylic acids is 1. The van der Waals surface area contributed by atoms with Crippen LogP contribution in [0.3, 0.4) is 0 Å². The van der Waals surface area contributed by atoms with Crippen molar-refractivity contribution in [3.63, 3.8) is 0 Å². The van der Waals surface area contributed by atoms with Crippen LogP contribution in [-0.2, 0) is 11.2 Å². The molecule has 0 saturated heterocycles. The molecule has 86 valence electrons. The number of benzene rings is 1. The van der Waals surface area contributed by atoms with Gasteiger partial charge in [0.1, 0.15) is 11.5 Å². The van der Waals surface area contributed by atoms with Crippen molar-refractivity contribution in [2.45, 2.75) is 6.42 Å². The fourth-order valence-corrected chi connectivity index (χ4v) is 1.83. The Labute approximate surface area is 102 Å². The Morgan fingerprint density at radius 3 is 2.31 bits per heavy atom. The lowest BCUT2D eigenvalue weighted by Crippen LogP contribution is -1.99. The summed E-state index contributed by atoms with van der Waals surface area (Å²) < 4.78 is 11.4. The van der Waals surface area contributed by atoms with Crippen molar-refractivity contribution in [1.29, 1.82) is 0 Å². The predicted octanol–water partition coefficient (Wildman–Crippen LogP) is 2.34. The van der Waals surface area contributed by atoms with Crippen LogP contribution < -0.4 is 9.47 Å². The van der Waals surface area contributed by atoms with Crippen molar-refractivity contribution in [2.24, 2.45) is 4.99 Å². The SMILES string of the molecule is COc1cc(Br)cc(OC)c1CCN=C=O. The molecule has 0 aliphatic heterocycles. The van der Waals surface area contributed by atoms with Gasteiger partial charge in [-0.15, -0.1) is 0 Å². The molecule has 0 unspecified atom stereocenters. The Hall–Kier alpha value is -1.32. The minimum absolute atomic E-state index is 0.373. The normalized spacial score (nSPS) is 9.44. The van der Waals surface area contributed by atoms with Gasteiger partial charge in [0.15, 0.2) is 0 Å². The first-order chi connectivity index (χ1) is 7.72. The van der Waals surface area contributed by atoms with Crippen molar-refractivity contribution < 1.29 is 14.3 Å². The van der Waals surface area contributed by atoms with Gasteiger partial charge in [0, 0.05) is 16.5 Å². The summed E-state index contributed by atoms with van der Waals surface area (Å²) in [6.45, 7) is 0.373. The highest BCUT2D eigenvalue weighted by Crippen LogP contribution is 2.33. The summed E-state index contributed by atoms with van der Waals surface area (Å²) >= 11 is 3.36. The zero-order chi connectivity index (χ0) is 12.0. The van der Waals surface area contributed by atoms with E-state index >= 15 is 0 Å². The number of isocyanates is 1. The van der Waals surface area contributed by atoms with Crippen LogP contribution in [0.15, 0.2) is 21.6 Å². The highest BCUT2D eigenvalue weighted by Gasteiger charge is 2.11. The van der Waals surface area contributed by atoms with E-state index in [-0.39, 0.29) is 0 Å². The van der Waals surface area contributed by atoms with E-state index in [1.807, 2.05) is 12.1 Å². The zero-order valence-electron chi connectivity index (χ0n) is 9.12. The highest BCUT2D eigenvalue weighted by molar-refractivity contribution is 9.10. The maximum Gasteiger partial charge on any atom is 0.234 e. The topological polar surface area (TPSA) is 47.9 Å². The molecule has 1 aromatic carbocycles. The third kappa shape index (κ3) is 3.08. The molecule has 16 heavy (non-hydrogen) atoms. The second-order valence-corrected chi connectivity index (χ2v) is 3.93. The number of hydrogen-bond acceptors (Lipinski definition) is 4. The Morgan fingerprint density at radius 1 is 1.31 bits per heavy atom. The molecule has 0 saturated carbocycles. The van der Waals surface area contributed by atoms with E-state index in [1.165, 1.54) is 6.08 Å².